The summed E-state index contributed by atoms with van der Waals surface area (Å²) in [5.41, 5.74) is 2.15. The number of piperidine rings is 1. The molecule has 1 saturated heterocycles. The number of amides is 2. The van der Waals surface area contributed by atoms with Crippen molar-refractivity contribution in [3.63, 3.8) is 0 Å². The number of hydrogen-bond donors (Lipinski definition) is 1. The SMILES string of the molecule is Cc1cc(C)c(C(C)(C)NC(=O)[C@H]2C3CN(C(=O)OC(C)(C)C)C[C@@H]32)cn1. The first kappa shape index (κ1) is 19.6. The molecule has 1 aliphatic heterocycles. The summed E-state index contributed by atoms with van der Waals surface area (Å²) in [6.07, 6.45) is 1.57. The van der Waals surface area contributed by atoms with Crippen LogP contribution in [-0.4, -0.2) is 40.6 Å². The molecule has 1 aliphatic carbocycles. The van der Waals surface area contributed by atoms with Crippen LogP contribution in [-0.2, 0) is 15.1 Å². The van der Waals surface area contributed by atoms with Crippen molar-refractivity contribution in [1.29, 1.82) is 0 Å². The Kier molecular flexibility index (Phi) is 4.73. The van der Waals surface area contributed by atoms with Crippen molar-refractivity contribution in [1.82, 2.24) is 15.2 Å². The molecule has 2 aliphatic rings. The number of pyridine rings is 1. The Morgan fingerprint density at radius 2 is 1.74 bits per heavy atom. The lowest BCUT2D eigenvalue weighted by molar-refractivity contribution is -0.125. The molecule has 0 spiro atoms. The maximum absolute atomic E-state index is 12.8. The summed E-state index contributed by atoms with van der Waals surface area (Å²) < 4.78 is 5.43. The number of hydrogen-bond acceptors (Lipinski definition) is 4. The molecule has 1 unspecified atom stereocenters. The maximum Gasteiger partial charge on any atom is 0.410 e. The highest BCUT2D eigenvalue weighted by Crippen LogP contribution is 2.52. The van der Waals surface area contributed by atoms with Crippen LogP contribution in [0.5, 0.6) is 0 Å². The first-order valence-corrected chi connectivity index (χ1v) is 9.63. The van der Waals surface area contributed by atoms with Crippen molar-refractivity contribution in [2.24, 2.45) is 17.8 Å². The number of carbonyl (C=O) groups excluding carboxylic acids is 2. The van der Waals surface area contributed by atoms with Crippen LogP contribution < -0.4 is 5.32 Å². The van der Waals surface area contributed by atoms with Crippen LogP contribution in [0.2, 0.25) is 0 Å². The van der Waals surface area contributed by atoms with Crippen LogP contribution in [0.25, 0.3) is 0 Å². The van der Waals surface area contributed by atoms with Gasteiger partial charge in [-0.25, -0.2) is 4.79 Å². The second-order valence-corrected chi connectivity index (χ2v) is 9.49. The molecule has 1 aromatic rings. The number of ether oxygens (including phenoxy) is 1. The zero-order valence-electron chi connectivity index (χ0n) is 17.4. The lowest BCUT2D eigenvalue weighted by Crippen LogP contribution is -2.44. The third-order valence-corrected chi connectivity index (χ3v) is 5.51. The van der Waals surface area contributed by atoms with Crippen LogP contribution in [0.3, 0.4) is 0 Å². The Hall–Kier alpha value is -2.11. The van der Waals surface area contributed by atoms with E-state index in [-0.39, 0.29) is 29.8 Å². The van der Waals surface area contributed by atoms with Crippen molar-refractivity contribution in [3.8, 4) is 0 Å². The number of nitrogens with zero attached hydrogens (tertiary/aromatic N) is 2. The van der Waals surface area contributed by atoms with Crippen LogP contribution in [0.1, 0.15) is 51.4 Å². The van der Waals surface area contributed by atoms with Gasteiger partial charge in [0, 0.05) is 30.9 Å². The Balaban J connectivity index is 1.58. The van der Waals surface area contributed by atoms with Gasteiger partial charge >= 0.3 is 6.09 Å². The first-order valence-electron chi connectivity index (χ1n) is 9.63. The molecule has 6 heteroatoms. The molecule has 2 fully saturated rings. The van der Waals surface area contributed by atoms with E-state index in [1.54, 1.807) is 4.90 Å². The number of aromatic nitrogens is 1. The minimum atomic E-state index is -0.495. The minimum Gasteiger partial charge on any atom is -0.444 e. The zero-order valence-corrected chi connectivity index (χ0v) is 17.4. The highest BCUT2D eigenvalue weighted by molar-refractivity contribution is 5.84. The molecule has 2 heterocycles. The summed E-state index contributed by atoms with van der Waals surface area (Å²) in [4.78, 5) is 31.1. The van der Waals surface area contributed by atoms with Crippen molar-refractivity contribution < 1.29 is 14.3 Å². The molecule has 1 aromatic heterocycles. The fraction of sp³-hybridized carbons (Fsp3) is 0.667. The Morgan fingerprint density at radius 1 is 1.15 bits per heavy atom. The average Bonchev–Trinajstić information content (AvgIpc) is 2.99. The molecule has 27 heavy (non-hydrogen) atoms. The van der Waals surface area contributed by atoms with Crippen LogP contribution in [0, 0.1) is 31.6 Å². The minimum absolute atomic E-state index is 0.0123. The fourth-order valence-corrected chi connectivity index (χ4v) is 4.20. The van der Waals surface area contributed by atoms with E-state index in [2.05, 4.69) is 10.3 Å². The normalized spacial score (nSPS) is 24.4. The Labute approximate surface area is 161 Å². The van der Waals surface area contributed by atoms with Crippen molar-refractivity contribution in [3.05, 3.63) is 29.1 Å². The van der Waals surface area contributed by atoms with Gasteiger partial charge < -0.3 is 15.0 Å². The van der Waals surface area contributed by atoms with Gasteiger partial charge in [-0.3, -0.25) is 9.78 Å². The molecule has 0 aromatic carbocycles. The van der Waals surface area contributed by atoms with Gasteiger partial charge in [-0.2, -0.15) is 0 Å². The summed E-state index contributed by atoms with van der Waals surface area (Å²) in [7, 11) is 0. The summed E-state index contributed by atoms with van der Waals surface area (Å²) in [5, 5.41) is 3.19. The van der Waals surface area contributed by atoms with E-state index in [4.69, 9.17) is 4.74 Å². The van der Waals surface area contributed by atoms with Gasteiger partial charge in [0.15, 0.2) is 0 Å². The number of rotatable bonds is 3. The number of aryl methyl sites for hydroxylation is 2. The predicted octanol–water partition coefficient (Wildman–Crippen LogP) is 3.16. The number of fused-ring (bicyclic) bond motifs is 1. The predicted molar refractivity (Wildman–Crippen MR) is 103 cm³/mol. The van der Waals surface area contributed by atoms with E-state index in [9.17, 15) is 9.59 Å². The number of likely N-dealkylation sites (tertiary alicyclic amines) is 1. The Bertz CT molecular complexity index is 754. The van der Waals surface area contributed by atoms with Crippen LogP contribution >= 0.6 is 0 Å². The van der Waals surface area contributed by atoms with Gasteiger partial charge in [0.05, 0.1) is 5.54 Å². The third-order valence-electron chi connectivity index (χ3n) is 5.51. The van der Waals surface area contributed by atoms with Gasteiger partial charge in [-0.15, -0.1) is 0 Å². The van der Waals surface area contributed by atoms with Crippen LogP contribution in [0.4, 0.5) is 4.79 Å². The molecule has 2 amide bonds. The van der Waals surface area contributed by atoms with Gasteiger partial charge in [0.1, 0.15) is 5.60 Å². The maximum atomic E-state index is 12.8. The molecule has 1 saturated carbocycles. The molecule has 3 rings (SSSR count). The van der Waals surface area contributed by atoms with Crippen molar-refractivity contribution >= 4 is 12.0 Å². The van der Waals surface area contributed by atoms with Crippen molar-refractivity contribution in [2.45, 2.75) is 59.6 Å². The van der Waals surface area contributed by atoms with Crippen molar-refractivity contribution in [2.75, 3.05) is 13.1 Å². The monoisotopic (exact) mass is 373 g/mol. The second-order valence-electron chi connectivity index (χ2n) is 9.49. The highest BCUT2D eigenvalue weighted by Gasteiger charge is 2.61. The lowest BCUT2D eigenvalue weighted by Gasteiger charge is -2.29. The largest absolute Gasteiger partial charge is 0.444 e. The van der Waals surface area contributed by atoms with E-state index in [1.807, 2.05) is 60.7 Å². The summed E-state index contributed by atoms with van der Waals surface area (Å²) in [5.74, 6) is 0.539. The zero-order chi connectivity index (χ0) is 20.1. The number of carbonyl (C=O) groups is 2. The third kappa shape index (κ3) is 4.09. The second kappa shape index (κ2) is 6.50. The topological polar surface area (TPSA) is 71.5 Å². The van der Waals surface area contributed by atoms with E-state index < -0.39 is 11.1 Å². The highest BCUT2D eigenvalue weighted by atomic mass is 16.6. The fourth-order valence-electron chi connectivity index (χ4n) is 4.20. The standard InChI is InChI=1S/C21H31N3O3/c1-12-8-13(2)22-9-16(12)21(6,7)23-18(25)17-14-10-24(11-15(14)17)19(26)27-20(3,4)5/h8-9,14-15,17H,10-11H2,1-7H3,(H,23,25)/t14-,15?,17+/m0/s1. The summed E-state index contributed by atoms with van der Waals surface area (Å²) in [6.45, 7) is 14.8. The summed E-state index contributed by atoms with van der Waals surface area (Å²) in [6, 6.07) is 2.04. The summed E-state index contributed by atoms with van der Waals surface area (Å²) >= 11 is 0. The van der Waals surface area contributed by atoms with Gasteiger partial charge in [-0.05, 0) is 77.5 Å². The molecular formula is C21H31N3O3. The molecular weight excluding hydrogens is 342 g/mol. The molecule has 1 N–H and O–H groups in total. The van der Waals surface area contributed by atoms with E-state index in [0.29, 0.717) is 13.1 Å². The lowest BCUT2D eigenvalue weighted by atomic mass is 9.91. The molecule has 3 atom stereocenters. The molecule has 6 nitrogen and oxygen atoms in total. The smallest absolute Gasteiger partial charge is 0.410 e. The molecule has 0 radical (unpaired) electrons. The molecule has 148 valence electrons. The van der Waals surface area contributed by atoms with E-state index in [0.717, 1.165) is 16.8 Å². The van der Waals surface area contributed by atoms with Gasteiger partial charge in [-0.1, -0.05) is 0 Å². The molecule has 0 bridgehead atoms. The van der Waals surface area contributed by atoms with E-state index in [1.165, 1.54) is 0 Å². The van der Waals surface area contributed by atoms with E-state index >= 15 is 0 Å². The Morgan fingerprint density at radius 3 is 2.26 bits per heavy atom. The quantitative estimate of drug-likeness (QED) is 0.883. The van der Waals surface area contributed by atoms with Crippen LogP contribution in [0.15, 0.2) is 12.3 Å². The van der Waals surface area contributed by atoms with Gasteiger partial charge in [0.2, 0.25) is 5.91 Å². The van der Waals surface area contributed by atoms with Gasteiger partial charge in [0.25, 0.3) is 0 Å². The average molecular weight is 373 g/mol. The first-order chi connectivity index (χ1) is 12.4. The number of nitrogens with one attached hydrogen (secondary N) is 1.